The quantitative estimate of drug-likeness (QED) is 0.865. The Hall–Kier alpha value is -1.70. The first-order valence-corrected chi connectivity index (χ1v) is 7.19. The van der Waals surface area contributed by atoms with Crippen LogP contribution in [-0.4, -0.2) is 19.9 Å². The molecule has 0 aliphatic rings. The summed E-state index contributed by atoms with van der Waals surface area (Å²) in [5.41, 5.74) is 0.470. The molecule has 8 heteroatoms. The lowest BCUT2D eigenvalue weighted by Gasteiger charge is -2.08. The Morgan fingerprint density at radius 2 is 2.30 bits per heavy atom. The second-order valence-corrected chi connectivity index (χ2v) is 5.13. The number of aromatic nitrogens is 4. The monoisotopic (exact) mass is 341 g/mol. The van der Waals surface area contributed by atoms with Crippen LogP contribution in [0, 0.1) is 6.92 Å². The first-order valence-electron chi connectivity index (χ1n) is 6.40. The van der Waals surface area contributed by atoms with E-state index in [0.29, 0.717) is 35.0 Å². The molecule has 0 aromatic carbocycles. The average Bonchev–Trinajstić information content (AvgIpc) is 2.85. The Morgan fingerprint density at radius 3 is 2.95 bits per heavy atom. The summed E-state index contributed by atoms with van der Waals surface area (Å²) in [7, 11) is 0. The van der Waals surface area contributed by atoms with Crippen LogP contribution in [-0.2, 0) is 13.1 Å². The van der Waals surface area contributed by atoms with Gasteiger partial charge in [-0.25, -0.2) is 4.68 Å². The van der Waals surface area contributed by atoms with Crippen LogP contribution >= 0.6 is 15.9 Å². The van der Waals surface area contributed by atoms with Gasteiger partial charge in [-0.15, -0.1) is 0 Å². The number of halogens is 1. The second kappa shape index (κ2) is 6.65. The van der Waals surface area contributed by atoms with Crippen LogP contribution in [0.3, 0.4) is 0 Å². The Balaban J connectivity index is 2.09. The van der Waals surface area contributed by atoms with Crippen LogP contribution in [0.5, 0.6) is 0 Å². The Bertz CT molecular complexity index is 637. The fourth-order valence-electron chi connectivity index (χ4n) is 1.64. The minimum atomic E-state index is -0.146. The van der Waals surface area contributed by atoms with E-state index in [2.05, 4.69) is 43.4 Å². The van der Waals surface area contributed by atoms with Gasteiger partial charge >= 0.3 is 0 Å². The lowest BCUT2D eigenvalue weighted by Crippen LogP contribution is -2.24. The average molecular weight is 342 g/mol. The molecular weight excluding hydrogens is 326 g/mol. The van der Waals surface area contributed by atoms with Crippen molar-refractivity contribution >= 4 is 21.6 Å². The van der Waals surface area contributed by atoms with Gasteiger partial charge in [0.2, 0.25) is 5.89 Å². The third-order valence-electron chi connectivity index (χ3n) is 2.71. The summed E-state index contributed by atoms with van der Waals surface area (Å²) in [6.07, 6.45) is 3.56. The number of hydrogen-bond donors (Lipinski definition) is 1. The number of unbranched alkanes of at least 4 members (excludes halogenated alkanes) is 1. The van der Waals surface area contributed by atoms with Crippen LogP contribution in [0.1, 0.15) is 31.5 Å². The topological polar surface area (TPSA) is 85.8 Å². The van der Waals surface area contributed by atoms with Crippen molar-refractivity contribution < 1.29 is 4.52 Å². The molecule has 2 heterocycles. The number of nitrogens with one attached hydrogen (secondary N) is 1. The third kappa shape index (κ3) is 3.44. The highest BCUT2D eigenvalue weighted by atomic mass is 79.9. The highest BCUT2D eigenvalue weighted by Gasteiger charge is 2.09. The molecule has 0 aliphatic carbocycles. The van der Waals surface area contributed by atoms with Gasteiger partial charge in [0.05, 0.1) is 18.4 Å². The summed E-state index contributed by atoms with van der Waals surface area (Å²) in [5.74, 6) is 1.04. The summed E-state index contributed by atoms with van der Waals surface area (Å²) >= 11 is 3.30. The Morgan fingerprint density at radius 1 is 1.50 bits per heavy atom. The van der Waals surface area contributed by atoms with Crippen molar-refractivity contribution in [3.8, 4) is 0 Å². The van der Waals surface area contributed by atoms with Crippen molar-refractivity contribution in [2.45, 2.75) is 39.8 Å². The molecule has 2 aromatic rings. The molecule has 0 amide bonds. The molecule has 0 aliphatic heterocycles. The van der Waals surface area contributed by atoms with Crippen molar-refractivity contribution in [2.24, 2.45) is 0 Å². The molecule has 1 N–H and O–H groups in total. The van der Waals surface area contributed by atoms with E-state index in [9.17, 15) is 4.79 Å². The molecule has 0 atom stereocenters. The molecule has 2 rings (SSSR count). The summed E-state index contributed by atoms with van der Waals surface area (Å²) in [5, 5.41) is 11.0. The first-order chi connectivity index (χ1) is 9.61. The normalized spacial score (nSPS) is 10.8. The van der Waals surface area contributed by atoms with Crippen LogP contribution < -0.4 is 10.9 Å². The second-order valence-electron chi connectivity index (χ2n) is 4.34. The predicted molar refractivity (Wildman–Crippen MR) is 77.5 cm³/mol. The number of aryl methyl sites for hydroxylation is 2. The van der Waals surface area contributed by atoms with Gasteiger partial charge < -0.3 is 9.84 Å². The summed E-state index contributed by atoms with van der Waals surface area (Å²) in [4.78, 5) is 16.2. The number of anilines is 1. The number of nitrogens with zero attached hydrogens (tertiary/aromatic N) is 4. The maximum Gasteiger partial charge on any atom is 0.283 e. The molecule has 0 bridgehead atoms. The van der Waals surface area contributed by atoms with E-state index in [0.717, 1.165) is 12.8 Å². The van der Waals surface area contributed by atoms with Crippen molar-refractivity contribution in [1.29, 1.82) is 0 Å². The van der Waals surface area contributed by atoms with Gasteiger partial charge in [0.15, 0.2) is 5.82 Å². The highest BCUT2D eigenvalue weighted by Crippen LogP contribution is 2.16. The molecule has 0 fully saturated rings. The van der Waals surface area contributed by atoms with E-state index in [1.54, 1.807) is 13.1 Å². The van der Waals surface area contributed by atoms with Gasteiger partial charge in [0.25, 0.3) is 5.56 Å². The molecule has 20 heavy (non-hydrogen) atoms. The van der Waals surface area contributed by atoms with Gasteiger partial charge in [-0.05, 0) is 22.4 Å². The Labute approximate surface area is 124 Å². The molecular formula is C12H16BrN5O2. The fraction of sp³-hybridized carbons (Fsp3) is 0.500. The molecule has 7 nitrogen and oxygen atoms in total. The first kappa shape index (κ1) is 14.7. The summed E-state index contributed by atoms with van der Waals surface area (Å²) < 4.78 is 6.79. The number of hydrogen-bond acceptors (Lipinski definition) is 6. The standard InChI is InChI=1S/C12H16BrN5O2/c1-3-4-5-18-12(19)11(13)9(6-15-18)14-7-10-16-8(2)20-17-10/h6,14H,3-5,7H2,1-2H3. The number of rotatable bonds is 6. The van der Waals surface area contributed by atoms with Crippen LogP contribution in [0.4, 0.5) is 5.69 Å². The molecule has 2 aromatic heterocycles. The van der Waals surface area contributed by atoms with Crippen molar-refractivity contribution in [3.05, 3.63) is 32.7 Å². The highest BCUT2D eigenvalue weighted by molar-refractivity contribution is 9.10. The maximum absolute atomic E-state index is 12.1. The summed E-state index contributed by atoms with van der Waals surface area (Å²) in [6.45, 7) is 4.79. The zero-order valence-electron chi connectivity index (χ0n) is 11.4. The van der Waals surface area contributed by atoms with Crippen molar-refractivity contribution in [1.82, 2.24) is 19.9 Å². The zero-order valence-corrected chi connectivity index (χ0v) is 13.0. The molecule has 0 radical (unpaired) electrons. The molecule has 0 saturated heterocycles. The van der Waals surface area contributed by atoms with E-state index in [4.69, 9.17) is 4.52 Å². The van der Waals surface area contributed by atoms with E-state index in [-0.39, 0.29) is 5.56 Å². The molecule has 108 valence electrons. The predicted octanol–water partition coefficient (Wildman–Crippen LogP) is 2.11. The van der Waals surface area contributed by atoms with E-state index in [1.807, 2.05) is 0 Å². The van der Waals surface area contributed by atoms with Gasteiger partial charge in [-0.2, -0.15) is 10.1 Å². The largest absolute Gasteiger partial charge is 0.375 e. The lowest BCUT2D eigenvalue weighted by atomic mass is 10.3. The Kier molecular flexibility index (Phi) is 4.89. The van der Waals surface area contributed by atoms with Gasteiger partial charge in [-0.3, -0.25) is 4.79 Å². The van der Waals surface area contributed by atoms with E-state index < -0.39 is 0 Å². The SMILES string of the molecule is CCCCn1ncc(NCc2noc(C)n2)c(Br)c1=O. The third-order valence-corrected chi connectivity index (χ3v) is 3.48. The zero-order chi connectivity index (χ0) is 14.5. The minimum absolute atomic E-state index is 0.146. The van der Waals surface area contributed by atoms with Gasteiger partial charge in [0.1, 0.15) is 4.47 Å². The lowest BCUT2D eigenvalue weighted by molar-refractivity contribution is 0.388. The van der Waals surface area contributed by atoms with E-state index in [1.165, 1.54) is 4.68 Å². The van der Waals surface area contributed by atoms with Gasteiger partial charge in [0, 0.05) is 13.5 Å². The van der Waals surface area contributed by atoms with Crippen molar-refractivity contribution in [2.75, 3.05) is 5.32 Å². The molecule has 0 spiro atoms. The van der Waals surface area contributed by atoms with Crippen LogP contribution in [0.25, 0.3) is 0 Å². The molecule has 0 saturated carbocycles. The fourth-order valence-corrected chi connectivity index (χ4v) is 2.09. The minimum Gasteiger partial charge on any atom is -0.375 e. The van der Waals surface area contributed by atoms with Gasteiger partial charge in [-0.1, -0.05) is 18.5 Å². The maximum atomic E-state index is 12.1. The van der Waals surface area contributed by atoms with Crippen molar-refractivity contribution in [3.63, 3.8) is 0 Å². The van der Waals surface area contributed by atoms with Crippen LogP contribution in [0.15, 0.2) is 20.0 Å². The van der Waals surface area contributed by atoms with Crippen LogP contribution in [0.2, 0.25) is 0 Å². The summed E-state index contributed by atoms with van der Waals surface area (Å²) in [6, 6.07) is 0. The van der Waals surface area contributed by atoms with E-state index >= 15 is 0 Å². The molecule has 0 unspecified atom stereocenters. The smallest absolute Gasteiger partial charge is 0.283 e.